The Morgan fingerprint density at radius 2 is 2.09 bits per heavy atom. The van der Waals surface area contributed by atoms with E-state index in [1.807, 2.05) is 13.0 Å². The first-order chi connectivity index (χ1) is 16.2. The van der Waals surface area contributed by atoms with Gasteiger partial charge in [0.1, 0.15) is 5.82 Å². The lowest BCUT2D eigenvalue weighted by Gasteiger charge is -2.12. The molecule has 0 amide bonds. The molecule has 1 atom stereocenters. The summed E-state index contributed by atoms with van der Waals surface area (Å²) in [4.78, 5) is 40.3. The molecule has 10 nitrogen and oxygen atoms in total. The van der Waals surface area contributed by atoms with E-state index in [4.69, 9.17) is 4.74 Å². The molecule has 0 bridgehead atoms. The van der Waals surface area contributed by atoms with Gasteiger partial charge in [-0.05, 0) is 43.7 Å². The Hall–Kier alpha value is -3.60. The van der Waals surface area contributed by atoms with Gasteiger partial charge in [0.15, 0.2) is 11.9 Å². The van der Waals surface area contributed by atoms with Crippen molar-refractivity contribution in [1.29, 1.82) is 0 Å². The summed E-state index contributed by atoms with van der Waals surface area (Å²) in [5.41, 5.74) is 0.254. The number of esters is 1. The Balaban J connectivity index is 2.02. The van der Waals surface area contributed by atoms with E-state index in [1.165, 1.54) is 43.1 Å². The normalized spacial score (nSPS) is 12.1. The minimum Gasteiger partial charge on any atom is -0.472 e. The van der Waals surface area contributed by atoms with Gasteiger partial charge in [0.2, 0.25) is 0 Å². The molecular weight excluding hydrogens is 508 g/mol. The summed E-state index contributed by atoms with van der Waals surface area (Å²) in [6.07, 6.45) is 2.61. The third-order valence-corrected chi connectivity index (χ3v) is 5.46. The van der Waals surface area contributed by atoms with Crippen LogP contribution in [-0.2, 0) is 16.0 Å². The minimum absolute atomic E-state index is 0.0851. The standard InChI is InChI=1S/C23H23BrN4O6/c1-4-5-6-21-26-18-9-8-16(24)12-17(18)22(29)27(21)25-13-15-7-10-20(19(11-15)28(31)32)34-14(2)23(30)33-3/h7-14H,4-6H2,1-3H3/t14-/m1/s1. The number of nitro benzene ring substituents is 1. The molecule has 0 aliphatic carbocycles. The molecule has 11 heteroatoms. The number of nitrogens with zero attached hydrogens (tertiary/aromatic N) is 4. The number of fused-ring (bicyclic) bond motifs is 1. The SMILES string of the molecule is CCCCc1nc2ccc(Br)cc2c(=O)n1N=Cc1ccc(O[C@H](C)C(=O)OC)c([N+](=O)[O-])c1. The molecule has 2 aromatic carbocycles. The highest BCUT2D eigenvalue weighted by molar-refractivity contribution is 9.10. The number of hydrogen-bond donors (Lipinski definition) is 0. The Kier molecular flexibility index (Phi) is 8.11. The molecule has 0 radical (unpaired) electrons. The van der Waals surface area contributed by atoms with Crippen molar-refractivity contribution in [2.75, 3.05) is 7.11 Å². The molecule has 0 aliphatic heterocycles. The van der Waals surface area contributed by atoms with Gasteiger partial charge in [-0.2, -0.15) is 9.78 Å². The second-order valence-electron chi connectivity index (χ2n) is 7.42. The molecule has 0 saturated carbocycles. The van der Waals surface area contributed by atoms with Gasteiger partial charge in [-0.15, -0.1) is 0 Å². The van der Waals surface area contributed by atoms with Gasteiger partial charge in [-0.1, -0.05) is 29.3 Å². The summed E-state index contributed by atoms with van der Waals surface area (Å²) in [6, 6.07) is 9.43. The Morgan fingerprint density at radius 1 is 1.32 bits per heavy atom. The zero-order valence-corrected chi connectivity index (χ0v) is 20.4. The average molecular weight is 531 g/mol. The van der Waals surface area contributed by atoms with Crippen LogP contribution in [0.3, 0.4) is 0 Å². The minimum atomic E-state index is -1.02. The molecule has 0 spiro atoms. The molecule has 1 heterocycles. The van der Waals surface area contributed by atoms with Crippen molar-refractivity contribution in [3.8, 4) is 5.75 Å². The highest BCUT2D eigenvalue weighted by Gasteiger charge is 2.22. The smallest absolute Gasteiger partial charge is 0.346 e. The first-order valence-electron chi connectivity index (χ1n) is 10.5. The van der Waals surface area contributed by atoms with Crippen LogP contribution in [0.25, 0.3) is 10.9 Å². The number of ether oxygens (including phenoxy) is 2. The third kappa shape index (κ3) is 5.66. The maximum absolute atomic E-state index is 13.1. The molecule has 3 rings (SSSR count). The van der Waals surface area contributed by atoms with Crippen LogP contribution in [0.15, 0.2) is 50.8 Å². The predicted molar refractivity (Wildman–Crippen MR) is 131 cm³/mol. The fourth-order valence-electron chi connectivity index (χ4n) is 3.20. The fourth-order valence-corrected chi connectivity index (χ4v) is 3.56. The number of carbonyl (C=O) groups excluding carboxylic acids is 1. The second kappa shape index (κ2) is 11.0. The van der Waals surface area contributed by atoms with Crippen LogP contribution in [0.1, 0.15) is 38.1 Å². The lowest BCUT2D eigenvalue weighted by atomic mass is 10.2. The number of carbonyl (C=O) groups is 1. The Labute approximate surface area is 203 Å². The highest BCUT2D eigenvalue weighted by Crippen LogP contribution is 2.28. The van der Waals surface area contributed by atoms with Gasteiger partial charge in [0.25, 0.3) is 5.56 Å². The lowest BCUT2D eigenvalue weighted by Crippen LogP contribution is -2.25. The van der Waals surface area contributed by atoms with Crippen molar-refractivity contribution in [3.63, 3.8) is 0 Å². The van der Waals surface area contributed by atoms with Crippen LogP contribution in [-0.4, -0.2) is 40.0 Å². The van der Waals surface area contributed by atoms with E-state index in [0.29, 0.717) is 28.7 Å². The van der Waals surface area contributed by atoms with Gasteiger partial charge < -0.3 is 9.47 Å². The van der Waals surface area contributed by atoms with Crippen molar-refractivity contribution in [2.24, 2.45) is 5.10 Å². The van der Waals surface area contributed by atoms with Crippen molar-refractivity contribution in [2.45, 2.75) is 39.2 Å². The Bertz CT molecular complexity index is 1320. The number of nitro groups is 1. The number of hydrogen-bond acceptors (Lipinski definition) is 8. The number of methoxy groups -OCH3 is 1. The van der Waals surface area contributed by atoms with E-state index < -0.39 is 17.0 Å². The first-order valence-corrected chi connectivity index (χ1v) is 11.3. The quantitative estimate of drug-likeness (QED) is 0.175. The summed E-state index contributed by atoms with van der Waals surface area (Å²) in [7, 11) is 1.20. The van der Waals surface area contributed by atoms with E-state index >= 15 is 0 Å². The number of benzene rings is 2. The van der Waals surface area contributed by atoms with Gasteiger partial charge in [0.05, 0.1) is 29.2 Å². The van der Waals surface area contributed by atoms with Gasteiger partial charge in [-0.3, -0.25) is 14.9 Å². The van der Waals surface area contributed by atoms with Crippen LogP contribution in [0.2, 0.25) is 0 Å². The molecule has 0 fully saturated rings. The Morgan fingerprint density at radius 3 is 2.76 bits per heavy atom. The summed E-state index contributed by atoms with van der Waals surface area (Å²) < 4.78 is 11.9. The fraction of sp³-hybridized carbons (Fsp3) is 0.304. The molecule has 178 valence electrons. The van der Waals surface area contributed by atoms with Crippen LogP contribution >= 0.6 is 15.9 Å². The number of aromatic nitrogens is 2. The summed E-state index contributed by atoms with van der Waals surface area (Å²) >= 11 is 3.37. The number of unbranched alkanes of at least 4 members (excludes halogenated alkanes) is 1. The zero-order valence-electron chi connectivity index (χ0n) is 18.9. The van der Waals surface area contributed by atoms with E-state index in [-0.39, 0.29) is 17.0 Å². The topological polar surface area (TPSA) is 126 Å². The number of rotatable bonds is 9. The van der Waals surface area contributed by atoms with Crippen molar-refractivity contribution < 1.29 is 19.2 Å². The van der Waals surface area contributed by atoms with Crippen LogP contribution in [0.4, 0.5) is 5.69 Å². The molecule has 3 aromatic rings. The average Bonchev–Trinajstić information content (AvgIpc) is 2.82. The molecule has 0 N–H and O–H groups in total. The number of halogens is 1. The van der Waals surface area contributed by atoms with Crippen molar-refractivity contribution in [1.82, 2.24) is 9.66 Å². The van der Waals surface area contributed by atoms with Crippen molar-refractivity contribution in [3.05, 3.63) is 72.7 Å². The van der Waals surface area contributed by atoms with Gasteiger partial charge in [0, 0.05) is 22.5 Å². The van der Waals surface area contributed by atoms with Crippen molar-refractivity contribution >= 4 is 44.7 Å². The molecule has 0 unspecified atom stereocenters. The molecule has 0 aliphatic rings. The van der Waals surface area contributed by atoms with Crippen LogP contribution in [0.5, 0.6) is 5.75 Å². The highest BCUT2D eigenvalue weighted by atomic mass is 79.9. The van der Waals surface area contributed by atoms with E-state index in [0.717, 1.165) is 17.3 Å². The van der Waals surface area contributed by atoms with Crippen LogP contribution in [0, 0.1) is 10.1 Å². The summed E-state index contributed by atoms with van der Waals surface area (Å²) in [5.74, 6) is -0.244. The number of aryl methyl sites for hydroxylation is 1. The van der Waals surface area contributed by atoms with Gasteiger partial charge >= 0.3 is 11.7 Å². The predicted octanol–water partition coefficient (Wildman–Crippen LogP) is 4.23. The van der Waals surface area contributed by atoms with Gasteiger partial charge in [-0.25, -0.2) is 9.78 Å². The second-order valence-corrected chi connectivity index (χ2v) is 8.34. The zero-order chi connectivity index (χ0) is 24.8. The monoisotopic (exact) mass is 530 g/mol. The molecule has 0 saturated heterocycles. The molecular formula is C23H23BrN4O6. The third-order valence-electron chi connectivity index (χ3n) is 4.97. The summed E-state index contributed by atoms with van der Waals surface area (Å²) in [5, 5.41) is 16.3. The molecule has 1 aromatic heterocycles. The van der Waals surface area contributed by atoms with Crippen LogP contribution < -0.4 is 10.3 Å². The summed E-state index contributed by atoms with van der Waals surface area (Å²) in [6.45, 7) is 3.47. The maximum atomic E-state index is 13.1. The largest absolute Gasteiger partial charge is 0.472 e. The van der Waals surface area contributed by atoms with E-state index in [9.17, 15) is 19.7 Å². The lowest BCUT2D eigenvalue weighted by molar-refractivity contribution is -0.386. The van der Waals surface area contributed by atoms with E-state index in [1.54, 1.807) is 12.1 Å². The maximum Gasteiger partial charge on any atom is 0.346 e. The molecule has 34 heavy (non-hydrogen) atoms. The first kappa shape index (κ1) is 25.0. The van der Waals surface area contributed by atoms with E-state index in [2.05, 4.69) is 30.8 Å².